The van der Waals surface area contributed by atoms with Crippen LogP contribution in [0.25, 0.3) is 16.7 Å². The van der Waals surface area contributed by atoms with Crippen molar-refractivity contribution < 1.29 is 26.3 Å². The lowest BCUT2D eigenvalue weighted by Gasteiger charge is -2.11. The number of hydrogen-bond donors (Lipinski definition) is 0. The molecule has 3 aromatic heterocycles. The second-order valence-corrected chi connectivity index (χ2v) is 6.48. The fourth-order valence-electron chi connectivity index (χ4n) is 2.21. The van der Waals surface area contributed by atoms with Crippen LogP contribution in [0.5, 0.6) is 0 Å². The molecule has 0 fully saturated rings. The predicted molar refractivity (Wildman–Crippen MR) is 83.1 cm³/mol. The van der Waals surface area contributed by atoms with Gasteiger partial charge in [-0.15, -0.1) is 11.8 Å². The normalized spacial score (nSPS) is 12.7. The summed E-state index contributed by atoms with van der Waals surface area (Å²) in [6, 6.07) is 1.73. The second-order valence-electron chi connectivity index (χ2n) is 5.18. The Labute approximate surface area is 147 Å². The molecule has 0 aliphatic carbocycles. The summed E-state index contributed by atoms with van der Waals surface area (Å²) in [6.07, 6.45) is -6.11. The first-order chi connectivity index (χ1) is 12.1. The maximum Gasteiger partial charge on any atom is 0.433 e. The van der Waals surface area contributed by atoms with Crippen molar-refractivity contribution >= 4 is 22.7 Å². The van der Waals surface area contributed by atoms with E-state index in [2.05, 4.69) is 15.1 Å². The molecular formula is C15H10F6N4S. The molecule has 11 heteroatoms. The molecule has 4 nitrogen and oxygen atoms in total. The SMILES string of the molecule is CCSc1cc(C(F)(F)F)cnc1-n1cc2cnc(C(F)(F)F)cc2n1. The van der Waals surface area contributed by atoms with E-state index >= 15 is 0 Å². The lowest BCUT2D eigenvalue weighted by Crippen LogP contribution is -2.09. The van der Waals surface area contributed by atoms with Crippen molar-refractivity contribution in [3.05, 3.63) is 42.0 Å². The largest absolute Gasteiger partial charge is 0.433 e. The van der Waals surface area contributed by atoms with Gasteiger partial charge in [0.25, 0.3) is 0 Å². The van der Waals surface area contributed by atoms with E-state index in [1.54, 1.807) is 6.92 Å². The highest BCUT2D eigenvalue weighted by atomic mass is 32.2. The topological polar surface area (TPSA) is 43.6 Å². The first kappa shape index (κ1) is 18.5. The molecule has 0 N–H and O–H groups in total. The van der Waals surface area contributed by atoms with Crippen molar-refractivity contribution in [2.75, 3.05) is 5.75 Å². The molecule has 0 radical (unpaired) electrons. The highest BCUT2D eigenvalue weighted by Gasteiger charge is 2.33. The molecule has 0 spiro atoms. The summed E-state index contributed by atoms with van der Waals surface area (Å²) in [5.74, 6) is 0.589. The van der Waals surface area contributed by atoms with Crippen LogP contribution in [0, 0.1) is 0 Å². The van der Waals surface area contributed by atoms with E-state index in [-0.39, 0.29) is 16.2 Å². The van der Waals surface area contributed by atoms with Crippen LogP contribution in [0.1, 0.15) is 18.2 Å². The Kier molecular flexibility index (Phi) is 4.59. The van der Waals surface area contributed by atoms with Crippen LogP contribution in [-0.2, 0) is 12.4 Å². The van der Waals surface area contributed by atoms with E-state index in [1.165, 1.54) is 6.20 Å². The van der Waals surface area contributed by atoms with E-state index in [4.69, 9.17) is 0 Å². The molecule has 0 amide bonds. The first-order valence-corrected chi connectivity index (χ1v) is 8.21. The van der Waals surface area contributed by atoms with Gasteiger partial charge in [-0.2, -0.15) is 31.4 Å². The minimum Gasteiger partial charge on any atom is -0.251 e. The van der Waals surface area contributed by atoms with E-state index < -0.39 is 23.6 Å². The summed E-state index contributed by atoms with van der Waals surface area (Å²) >= 11 is 1.13. The van der Waals surface area contributed by atoms with Gasteiger partial charge in [-0.1, -0.05) is 6.92 Å². The number of fused-ring (bicyclic) bond motifs is 1. The van der Waals surface area contributed by atoms with Crippen LogP contribution in [0.15, 0.2) is 35.6 Å². The van der Waals surface area contributed by atoms with Crippen LogP contribution < -0.4 is 0 Å². The highest BCUT2D eigenvalue weighted by molar-refractivity contribution is 7.99. The average molecular weight is 392 g/mol. The molecule has 0 aliphatic heterocycles. The maximum atomic E-state index is 12.9. The quantitative estimate of drug-likeness (QED) is 0.467. The van der Waals surface area contributed by atoms with Crippen molar-refractivity contribution in [1.82, 2.24) is 19.7 Å². The van der Waals surface area contributed by atoms with Gasteiger partial charge in [0.15, 0.2) is 5.82 Å². The summed E-state index contributed by atoms with van der Waals surface area (Å²) in [5, 5.41) is 4.32. The zero-order valence-corrected chi connectivity index (χ0v) is 13.9. The number of halogens is 6. The van der Waals surface area contributed by atoms with Crippen molar-refractivity contribution in [3.63, 3.8) is 0 Å². The predicted octanol–water partition coefficient (Wildman–Crippen LogP) is 4.97. The van der Waals surface area contributed by atoms with Crippen molar-refractivity contribution in [2.45, 2.75) is 24.2 Å². The molecule has 26 heavy (non-hydrogen) atoms. The summed E-state index contributed by atoms with van der Waals surface area (Å²) in [6.45, 7) is 1.76. The minimum absolute atomic E-state index is 0.0153. The average Bonchev–Trinajstić information content (AvgIpc) is 2.96. The second kappa shape index (κ2) is 6.45. The maximum absolute atomic E-state index is 12.9. The molecule has 3 rings (SSSR count). The fourth-order valence-corrected chi connectivity index (χ4v) is 3.00. The Balaban J connectivity index is 2.10. The number of nitrogens with zero attached hydrogens (tertiary/aromatic N) is 4. The highest BCUT2D eigenvalue weighted by Crippen LogP contribution is 2.34. The van der Waals surface area contributed by atoms with Gasteiger partial charge in [0.1, 0.15) is 5.69 Å². The third kappa shape index (κ3) is 3.62. The number of thioether (sulfide) groups is 1. The summed E-state index contributed by atoms with van der Waals surface area (Å²) in [7, 11) is 0. The van der Waals surface area contributed by atoms with Crippen LogP contribution in [-0.4, -0.2) is 25.5 Å². The number of pyridine rings is 2. The zero-order chi connectivity index (χ0) is 19.1. The molecule has 0 unspecified atom stereocenters. The standard InChI is InChI=1S/C15H10F6N4S/c1-2-26-11-3-9(14(16,17)18)6-23-13(11)25-7-8-5-22-12(15(19,20)21)4-10(8)24-25/h3-7H,2H2,1H3. The number of hydrogen-bond acceptors (Lipinski definition) is 4. The van der Waals surface area contributed by atoms with Crippen LogP contribution in [0.3, 0.4) is 0 Å². The van der Waals surface area contributed by atoms with E-state index in [0.717, 1.165) is 34.8 Å². The zero-order valence-electron chi connectivity index (χ0n) is 13.1. The van der Waals surface area contributed by atoms with Gasteiger partial charge in [-0.05, 0) is 17.9 Å². The van der Waals surface area contributed by atoms with Crippen LogP contribution in [0.2, 0.25) is 0 Å². The van der Waals surface area contributed by atoms with Gasteiger partial charge >= 0.3 is 12.4 Å². The fraction of sp³-hybridized carbons (Fsp3) is 0.267. The molecule has 0 aliphatic rings. The van der Waals surface area contributed by atoms with Gasteiger partial charge in [-0.3, -0.25) is 4.98 Å². The third-order valence-corrected chi connectivity index (χ3v) is 4.26. The first-order valence-electron chi connectivity index (χ1n) is 7.22. The van der Waals surface area contributed by atoms with Gasteiger partial charge in [-0.25, -0.2) is 9.67 Å². The molecule has 0 aromatic carbocycles. The Morgan fingerprint density at radius 2 is 1.73 bits per heavy atom. The van der Waals surface area contributed by atoms with Crippen LogP contribution in [0.4, 0.5) is 26.3 Å². The van der Waals surface area contributed by atoms with E-state index in [1.807, 2.05) is 0 Å². The molecule has 0 saturated carbocycles. The van der Waals surface area contributed by atoms with Gasteiger partial charge < -0.3 is 0 Å². The lowest BCUT2D eigenvalue weighted by atomic mass is 10.2. The Morgan fingerprint density at radius 3 is 2.35 bits per heavy atom. The van der Waals surface area contributed by atoms with Gasteiger partial charge in [0.05, 0.1) is 16.0 Å². The number of alkyl halides is 6. The van der Waals surface area contributed by atoms with Crippen molar-refractivity contribution in [2.24, 2.45) is 0 Å². The summed E-state index contributed by atoms with van der Waals surface area (Å²) < 4.78 is 78.0. The monoisotopic (exact) mass is 392 g/mol. The molecule has 3 aromatic rings. The molecule has 0 atom stereocenters. The smallest absolute Gasteiger partial charge is 0.251 e. The Hall–Kier alpha value is -2.30. The van der Waals surface area contributed by atoms with Crippen molar-refractivity contribution in [3.8, 4) is 5.82 Å². The van der Waals surface area contributed by atoms with E-state index in [9.17, 15) is 26.3 Å². The van der Waals surface area contributed by atoms with E-state index in [0.29, 0.717) is 17.3 Å². The lowest BCUT2D eigenvalue weighted by molar-refractivity contribution is -0.141. The molecule has 0 saturated heterocycles. The molecule has 138 valence electrons. The summed E-state index contributed by atoms with van der Waals surface area (Å²) in [5.41, 5.74) is -1.99. The van der Waals surface area contributed by atoms with Crippen molar-refractivity contribution in [1.29, 1.82) is 0 Å². The summed E-state index contributed by atoms with van der Waals surface area (Å²) in [4.78, 5) is 7.38. The minimum atomic E-state index is -4.62. The Bertz CT molecular complexity index is 947. The third-order valence-electron chi connectivity index (χ3n) is 3.36. The number of aromatic nitrogens is 4. The molecule has 3 heterocycles. The van der Waals surface area contributed by atoms with Gasteiger partial charge in [0.2, 0.25) is 0 Å². The Morgan fingerprint density at radius 1 is 1.00 bits per heavy atom. The molecular weight excluding hydrogens is 382 g/mol. The van der Waals surface area contributed by atoms with Crippen LogP contribution >= 0.6 is 11.8 Å². The molecule has 0 bridgehead atoms. The van der Waals surface area contributed by atoms with Gasteiger partial charge in [0, 0.05) is 24.0 Å². The number of rotatable bonds is 3.